The Balaban J connectivity index is 1.80. The lowest BCUT2D eigenvalue weighted by Gasteiger charge is -2.34. The quantitative estimate of drug-likeness (QED) is 0.781. The number of ether oxygens (including phenoxy) is 3. The third kappa shape index (κ3) is 3.75. The van der Waals surface area contributed by atoms with Gasteiger partial charge in [-0.15, -0.1) is 0 Å². The first kappa shape index (κ1) is 20.5. The summed E-state index contributed by atoms with van der Waals surface area (Å²) in [5, 5.41) is 9.82. The summed E-state index contributed by atoms with van der Waals surface area (Å²) in [7, 11) is 1.57. The van der Waals surface area contributed by atoms with E-state index in [4.69, 9.17) is 19.9 Å². The average Bonchev–Trinajstić information content (AvgIpc) is 2.78. The third-order valence-electron chi connectivity index (χ3n) is 5.75. The molecular weight excluding hydrogens is 392 g/mol. The summed E-state index contributed by atoms with van der Waals surface area (Å²) in [6.45, 7) is 2.34. The van der Waals surface area contributed by atoms with Crippen LogP contribution in [0.1, 0.15) is 42.7 Å². The Morgan fingerprint density at radius 2 is 1.90 bits per heavy atom. The first-order valence-corrected chi connectivity index (χ1v) is 10.3. The number of methoxy groups -OCH3 is 1. The number of carbonyl (C=O) groups excluding carboxylic acids is 1. The van der Waals surface area contributed by atoms with Gasteiger partial charge in [-0.1, -0.05) is 36.4 Å². The first-order valence-electron chi connectivity index (χ1n) is 10.3. The second-order valence-corrected chi connectivity index (χ2v) is 7.54. The van der Waals surface area contributed by atoms with E-state index in [1.807, 2.05) is 49.4 Å². The number of allylic oxidation sites excluding steroid dienone is 3. The second-order valence-electron chi connectivity index (χ2n) is 7.54. The summed E-state index contributed by atoms with van der Waals surface area (Å²) in [5.74, 6) is 1.11. The molecule has 6 nitrogen and oxygen atoms in total. The van der Waals surface area contributed by atoms with Crippen LogP contribution >= 0.6 is 0 Å². The number of Topliss-reactive ketones (excluding diaryl/α,β-unsaturated/α-hetero) is 1. The van der Waals surface area contributed by atoms with Crippen LogP contribution in [0.3, 0.4) is 0 Å². The van der Waals surface area contributed by atoms with Crippen molar-refractivity contribution < 1.29 is 19.0 Å². The summed E-state index contributed by atoms with van der Waals surface area (Å²) in [5.41, 5.74) is 8.70. The van der Waals surface area contributed by atoms with Gasteiger partial charge in [0.25, 0.3) is 0 Å². The summed E-state index contributed by atoms with van der Waals surface area (Å²) < 4.78 is 16.9. The molecule has 158 valence electrons. The molecule has 2 aliphatic rings. The normalized spacial score (nSPS) is 20.6. The highest BCUT2D eigenvalue weighted by Gasteiger charge is 2.41. The van der Waals surface area contributed by atoms with Crippen LogP contribution in [0.2, 0.25) is 0 Å². The standard InChI is InChI=1S/C25H24N2O4/c1-3-30-21-12-16(9-10-20(21)29-2)23-18(14-26)25(27)31-22-13-17(11-19(28)24(22)23)15-7-5-4-6-8-15/h4-10,12,17,23H,3,11,13,27H2,1-2H3/t17-,23+/m0/s1. The topological polar surface area (TPSA) is 94.6 Å². The van der Waals surface area contributed by atoms with Gasteiger partial charge in [0.15, 0.2) is 17.3 Å². The molecule has 0 unspecified atom stereocenters. The number of carbonyl (C=O) groups is 1. The number of hydrogen-bond acceptors (Lipinski definition) is 6. The van der Waals surface area contributed by atoms with Crippen molar-refractivity contribution in [1.29, 1.82) is 5.26 Å². The van der Waals surface area contributed by atoms with Gasteiger partial charge in [0, 0.05) is 18.4 Å². The maximum Gasteiger partial charge on any atom is 0.205 e. The number of nitriles is 1. The number of hydrogen-bond donors (Lipinski definition) is 1. The molecule has 2 atom stereocenters. The van der Waals surface area contributed by atoms with Crippen LogP contribution in [0.5, 0.6) is 11.5 Å². The number of ketones is 1. The van der Waals surface area contributed by atoms with Crippen molar-refractivity contribution in [1.82, 2.24) is 0 Å². The molecule has 0 radical (unpaired) electrons. The molecule has 0 saturated carbocycles. The van der Waals surface area contributed by atoms with Crippen molar-refractivity contribution in [3.63, 3.8) is 0 Å². The average molecular weight is 416 g/mol. The van der Waals surface area contributed by atoms with Gasteiger partial charge < -0.3 is 19.9 Å². The molecule has 0 amide bonds. The van der Waals surface area contributed by atoms with E-state index in [0.717, 1.165) is 11.1 Å². The van der Waals surface area contributed by atoms with E-state index < -0.39 is 5.92 Å². The Labute approximate surface area is 181 Å². The molecule has 0 fully saturated rings. The minimum absolute atomic E-state index is 0.0133. The molecule has 31 heavy (non-hydrogen) atoms. The van der Waals surface area contributed by atoms with Gasteiger partial charge >= 0.3 is 0 Å². The molecule has 4 rings (SSSR count). The summed E-state index contributed by atoms with van der Waals surface area (Å²) >= 11 is 0. The highest BCUT2D eigenvalue weighted by atomic mass is 16.5. The van der Waals surface area contributed by atoms with E-state index in [1.54, 1.807) is 13.2 Å². The highest BCUT2D eigenvalue weighted by molar-refractivity contribution is 6.00. The Bertz CT molecular complexity index is 1110. The monoisotopic (exact) mass is 416 g/mol. The van der Waals surface area contributed by atoms with Crippen molar-refractivity contribution >= 4 is 5.78 Å². The first-order chi connectivity index (χ1) is 15.1. The fraction of sp³-hybridized carbons (Fsp3) is 0.280. The molecular formula is C25H24N2O4. The number of nitrogens with zero attached hydrogens (tertiary/aromatic N) is 1. The molecule has 0 spiro atoms. The molecule has 0 saturated heterocycles. The van der Waals surface area contributed by atoms with Crippen molar-refractivity contribution in [2.45, 2.75) is 31.6 Å². The van der Waals surface area contributed by atoms with Crippen LogP contribution in [0, 0.1) is 11.3 Å². The van der Waals surface area contributed by atoms with E-state index in [9.17, 15) is 10.1 Å². The number of rotatable bonds is 5. The molecule has 2 aromatic rings. The fourth-order valence-corrected chi connectivity index (χ4v) is 4.34. The predicted molar refractivity (Wildman–Crippen MR) is 115 cm³/mol. The zero-order chi connectivity index (χ0) is 22.0. The molecule has 6 heteroatoms. The van der Waals surface area contributed by atoms with Crippen LogP contribution in [0.25, 0.3) is 0 Å². The summed E-state index contributed by atoms with van der Waals surface area (Å²) in [6.07, 6.45) is 0.908. The van der Waals surface area contributed by atoms with Crippen molar-refractivity contribution in [2.75, 3.05) is 13.7 Å². The molecule has 1 aliphatic heterocycles. The van der Waals surface area contributed by atoms with Gasteiger partial charge in [-0.3, -0.25) is 4.79 Å². The largest absolute Gasteiger partial charge is 0.493 e. The molecule has 1 heterocycles. The molecule has 0 bridgehead atoms. The minimum Gasteiger partial charge on any atom is -0.493 e. The van der Waals surface area contributed by atoms with Gasteiger partial charge in [-0.05, 0) is 36.1 Å². The smallest absolute Gasteiger partial charge is 0.205 e. The van der Waals surface area contributed by atoms with Gasteiger partial charge in [-0.2, -0.15) is 5.26 Å². The molecule has 0 aromatic heterocycles. The second kappa shape index (κ2) is 8.57. The van der Waals surface area contributed by atoms with E-state index in [0.29, 0.717) is 42.3 Å². The Hall–Kier alpha value is -3.72. The lowest BCUT2D eigenvalue weighted by atomic mass is 9.73. The van der Waals surface area contributed by atoms with Gasteiger partial charge in [0.2, 0.25) is 5.88 Å². The Morgan fingerprint density at radius 1 is 1.13 bits per heavy atom. The van der Waals surface area contributed by atoms with Crippen LogP contribution in [0.15, 0.2) is 71.3 Å². The van der Waals surface area contributed by atoms with Crippen molar-refractivity contribution in [2.24, 2.45) is 5.73 Å². The van der Waals surface area contributed by atoms with Crippen LogP contribution in [0.4, 0.5) is 0 Å². The van der Waals surface area contributed by atoms with Crippen molar-refractivity contribution in [3.8, 4) is 17.6 Å². The Kier molecular flexibility index (Phi) is 5.68. The number of benzene rings is 2. The van der Waals surface area contributed by atoms with Gasteiger partial charge in [0.1, 0.15) is 17.4 Å². The maximum absolute atomic E-state index is 13.3. The lowest BCUT2D eigenvalue weighted by molar-refractivity contribution is -0.117. The maximum atomic E-state index is 13.3. The molecule has 2 aromatic carbocycles. The summed E-state index contributed by atoms with van der Waals surface area (Å²) in [4.78, 5) is 13.3. The summed E-state index contributed by atoms with van der Waals surface area (Å²) in [6, 6.07) is 17.5. The minimum atomic E-state index is -0.594. The van der Waals surface area contributed by atoms with E-state index >= 15 is 0 Å². The third-order valence-corrected chi connectivity index (χ3v) is 5.75. The fourth-order valence-electron chi connectivity index (χ4n) is 4.34. The van der Waals surface area contributed by atoms with E-state index in [2.05, 4.69) is 6.07 Å². The van der Waals surface area contributed by atoms with Crippen LogP contribution in [-0.4, -0.2) is 19.5 Å². The van der Waals surface area contributed by atoms with Crippen molar-refractivity contribution in [3.05, 3.63) is 82.4 Å². The van der Waals surface area contributed by atoms with Gasteiger partial charge in [-0.25, -0.2) is 0 Å². The molecule has 1 aliphatic carbocycles. The van der Waals surface area contributed by atoms with Gasteiger partial charge in [0.05, 0.1) is 19.6 Å². The van der Waals surface area contributed by atoms with Crippen LogP contribution in [-0.2, 0) is 9.53 Å². The highest BCUT2D eigenvalue weighted by Crippen LogP contribution is 2.47. The Morgan fingerprint density at radius 3 is 2.58 bits per heavy atom. The molecule has 2 N–H and O–H groups in total. The number of nitrogens with two attached hydrogens (primary N) is 1. The zero-order valence-electron chi connectivity index (χ0n) is 17.6. The predicted octanol–water partition coefficient (Wildman–Crippen LogP) is 4.30. The van der Waals surface area contributed by atoms with E-state index in [-0.39, 0.29) is 23.2 Å². The lowest BCUT2D eigenvalue weighted by Crippen LogP contribution is -2.29. The van der Waals surface area contributed by atoms with Crippen LogP contribution < -0.4 is 15.2 Å². The SMILES string of the molecule is CCOc1cc([C@@H]2C(C#N)=C(N)OC3=C2C(=O)C[C@H](c2ccccc2)C3)ccc1OC. The van der Waals surface area contributed by atoms with E-state index in [1.165, 1.54) is 0 Å². The zero-order valence-corrected chi connectivity index (χ0v) is 17.6.